The lowest BCUT2D eigenvalue weighted by molar-refractivity contribution is -0.139. The third kappa shape index (κ3) is 2.18. The number of carbonyl (C=O) groups is 1. The molecule has 0 bridgehead atoms. The van der Waals surface area contributed by atoms with Crippen molar-refractivity contribution in [2.45, 2.75) is 22.1 Å². The van der Waals surface area contributed by atoms with E-state index in [1.165, 1.54) is 0 Å². The average molecular weight is 395 g/mol. The van der Waals surface area contributed by atoms with Gasteiger partial charge in [0.1, 0.15) is 0 Å². The van der Waals surface area contributed by atoms with Crippen LogP contribution >= 0.6 is 47.8 Å². The van der Waals surface area contributed by atoms with E-state index in [9.17, 15) is 9.90 Å². The zero-order valence-corrected chi connectivity index (χ0v) is 12.4. The normalized spacial score (nSPS) is 32.4. The van der Waals surface area contributed by atoms with Gasteiger partial charge in [-0.2, -0.15) is 0 Å². The van der Waals surface area contributed by atoms with Crippen LogP contribution in [0.2, 0.25) is 0 Å². The molecule has 3 nitrogen and oxygen atoms in total. The number of hydrogen-bond acceptors (Lipinski definition) is 2. The summed E-state index contributed by atoms with van der Waals surface area (Å²) in [7, 11) is 0. The van der Waals surface area contributed by atoms with Gasteiger partial charge in [-0.25, -0.2) is 0 Å². The first-order chi connectivity index (χ1) is 6.10. The quantitative estimate of drug-likeness (QED) is 0.708. The Balaban J connectivity index is 2.79. The third-order valence-electron chi connectivity index (χ3n) is 2.85. The zero-order valence-electron chi connectivity index (χ0n) is 7.67. The summed E-state index contributed by atoms with van der Waals surface area (Å²) in [5.74, 6) is -1.58. The van der Waals surface area contributed by atoms with Gasteiger partial charge in [0.2, 0.25) is 0 Å². The highest BCUT2D eigenvalue weighted by Crippen LogP contribution is 2.63. The Morgan fingerprint density at radius 2 is 1.86 bits per heavy atom. The van der Waals surface area contributed by atoms with Crippen LogP contribution in [0.3, 0.4) is 0 Å². The van der Waals surface area contributed by atoms with Gasteiger partial charge in [0, 0.05) is 5.92 Å². The highest BCUT2D eigenvalue weighted by atomic mass is 80.0. The van der Waals surface area contributed by atoms with Gasteiger partial charge in [0.25, 0.3) is 0 Å². The number of rotatable bonds is 2. The predicted molar refractivity (Wildman–Crippen MR) is 63.9 cm³/mol. The van der Waals surface area contributed by atoms with Gasteiger partial charge in [-0.05, 0) is 5.41 Å². The second-order valence-corrected chi connectivity index (χ2v) is 11.1. The summed E-state index contributed by atoms with van der Waals surface area (Å²) < 4.78 is -0.806. The molecule has 6 heteroatoms. The van der Waals surface area contributed by atoms with E-state index in [4.69, 9.17) is 5.11 Å². The molecule has 1 aliphatic carbocycles. The number of hydrogen-bond donors (Lipinski definition) is 2. The molecule has 0 unspecified atom stereocenters. The summed E-state index contributed by atoms with van der Waals surface area (Å²) in [5, 5.41) is 18.8. The Kier molecular flexibility index (Phi) is 3.43. The smallest absolute Gasteiger partial charge is 0.307 e. The molecule has 0 amide bonds. The molecule has 2 N–H and O–H groups in total. The van der Waals surface area contributed by atoms with Crippen LogP contribution in [0.15, 0.2) is 0 Å². The van der Waals surface area contributed by atoms with E-state index in [0.717, 1.165) is 0 Å². The first kappa shape index (κ1) is 12.9. The second-order valence-electron chi connectivity index (χ2n) is 4.15. The molecule has 0 aliphatic heterocycles. The largest absolute Gasteiger partial charge is 0.481 e. The molecule has 3 atom stereocenters. The van der Waals surface area contributed by atoms with Gasteiger partial charge in [0.15, 0.2) is 2.14 Å². The predicted octanol–water partition coefficient (Wildman–Crippen LogP) is 2.54. The van der Waals surface area contributed by atoms with E-state index < -0.39 is 20.1 Å². The van der Waals surface area contributed by atoms with E-state index in [0.29, 0.717) is 0 Å². The maximum atomic E-state index is 10.9. The molecule has 0 spiro atoms. The van der Waals surface area contributed by atoms with E-state index in [-0.39, 0.29) is 11.3 Å². The van der Waals surface area contributed by atoms with E-state index in [1.807, 2.05) is 13.8 Å². The minimum Gasteiger partial charge on any atom is -0.481 e. The molecule has 1 saturated carbocycles. The third-order valence-corrected chi connectivity index (χ3v) is 4.26. The monoisotopic (exact) mass is 392 g/mol. The fourth-order valence-corrected chi connectivity index (χ4v) is 2.80. The molecule has 0 heterocycles. The number of alkyl halides is 3. The van der Waals surface area contributed by atoms with Gasteiger partial charge in [-0.1, -0.05) is 61.6 Å². The van der Waals surface area contributed by atoms with Gasteiger partial charge >= 0.3 is 5.97 Å². The van der Waals surface area contributed by atoms with Crippen molar-refractivity contribution in [1.82, 2.24) is 0 Å². The molecule has 1 fully saturated rings. The highest BCUT2D eigenvalue weighted by Gasteiger charge is 2.67. The molecule has 0 radical (unpaired) electrons. The number of carboxylic acids is 1. The van der Waals surface area contributed by atoms with Crippen molar-refractivity contribution in [3.63, 3.8) is 0 Å². The van der Waals surface area contributed by atoms with E-state index in [2.05, 4.69) is 47.8 Å². The lowest BCUT2D eigenvalue weighted by atomic mass is 10.1. The SMILES string of the molecule is CC1(C)[C@@H]([C@H](O)C(Br)(Br)Br)[C@H]1C(=O)O. The van der Waals surface area contributed by atoms with Crippen LogP contribution in [0.1, 0.15) is 13.8 Å². The Morgan fingerprint density at radius 1 is 1.43 bits per heavy atom. The van der Waals surface area contributed by atoms with Crippen LogP contribution in [-0.2, 0) is 4.79 Å². The van der Waals surface area contributed by atoms with Crippen molar-refractivity contribution in [2.75, 3.05) is 0 Å². The Morgan fingerprint density at radius 3 is 2.07 bits per heavy atom. The van der Waals surface area contributed by atoms with Crippen LogP contribution < -0.4 is 0 Å². The van der Waals surface area contributed by atoms with Gasteiger partial charge in [-0.15, -0.1) is 0 Å². The minimum atomic E-state index is -0.851. The van der Waals surface area contributed by atoms with Crippen LogP contribution in [0.25, 0.3) is 0 Å². The Labute approximate surface area is 108 Å². The number of aliphatic carboxylic acids is 1. The maximum Gasteiger partial charge on any atom is 0.307 e. The zero-order chi connectivity index (χ0) is 11.3. The summed E-state index contributed by atoms with van der Waals surface area (Å²) in [6.45, 7) is 3.69. The number of aliphatic hydroxyl groups is 1. The van der Waals surface area contributed by atoms with Crippen LogP contribution in [0.5, 0.6) is 0 Å². The van der Waals surface area contributed by atoms with Crippen molar-refractivity contribution in [3.8, 4) is 0 Å². The highest BCUT2D eigenvalue weighted by molar-refractivity contribution is 9.39. The molecule has 0 aromatic heterocycles. The van der Waals surface area contributed by atoms with Crippen molar-refractivity contribution in [3.05, 3.63) is 0 Å². The topological polar surface area (TPSA) is 57.5 Å². The first-order valence-electron chi connectivity index (χ1n) is 4.07. The maximum absolute atomic E-state index is 10.9. The molecule has 0 aromatic carbocycles. The fraction of sp³-hybridized carbons (Fsp3) is 0.875. The summed E-state index contributed by atoms with van der Waals surface area (Å²) >= 11 is 9.61. The van der Waals surface area contributed by atoms with Crippen LogP contribution in [0.4, 0.5) is 0 Å². The average Bonchev–Trinajstić information content (AvgIpc) is 2.49. The summed E-state index contributed by atoms with van der Waals surface area (Å²) in [5.41, 5.74) is -0.355. The lowest BCUT2D eigenvalue weighted by Crippen LogP contribution is -2.28. The summed E-state index contributed by atoms with van der Waals surface area (Å²) in [6.07, 6.45) is -0.793. The van der Waals surface area contributed by atoms with E-state index in [1.54, 1.807) is 0 Å². The molecular weight excluding hydrogens is 384 g/mol. The van der Waals surface area contributed by atoms with Crippen molar-refractivity contribution in [1.29, 1.82) is 0 Å². The Hall–Kier alpha value is 0.870. The summed E-state index contributed by atoms with van der Waals surface area (Å²) in [6, 6.07) is 0. The fourth-order valence-electron chi connectivity index (χ4n) is 1.94. The van der Waals surface area contributed by atoms with Crippen molar-refractivity contribution >= 4 is 53.8 Å². The molecule has 14 heavy (non-hydrogen) atoms. The van der Waals surface area contributed by atoms with Crippen LogP contribution in [0, 0.1) is 17.3 Å². The molecule has 1 aliphatic rings. The Bertz CT molecular complexity index is 259. The number of halogens is 3. The second kappa shape index (κ2) is 3.71. The van der Waals surface area contributed by atoms with E-state index >= 15 is 0 Å². The van der Waals surface area contributed by atoms with Crippen LogP contribution in [-0.4, -0.2) is 24.4 Å². The van der Waals surface area contributed by atoms with Crippen molar-refractivity contribution < 1.29 is 15.0 Å². The van der Waals surface area contributed by atoms with Gasteiger partial charge in [0.05, 0.1) is 12.0 Å². The molecule has 0 saturated heterocycles. The lowest BCUT2D eigenvalue weighted by Gasteiger charge is -2.21. The molecule has 82 valence electrons. The van der Waals surface area contributed by atoms with Gasteiger partial charge in [-0.3, -0.25) is 4.79 Å². The number of carboxylic acid groups (broad SMARTS) is 1. The summed E-state index contributed by atoms with van der Waals surface area (Å²) in [4.78, 5) is 10.9. The molecular formula is C8H11Br3O3. The molecule has 1 rings (SSSR count). The standard InChI is InChI=1S/C8H11Br3O3/c1-7(2)3(4(7)6(13)14)5(12)8(9,10)11/h3-5,12H,1-2H3,(H,13,14)/t3-,4+,5+/m1/s1. The van der Waals surface area contributed by atoms with Gasteiger partial charge < -0.3 is 10.2 Å². The minimum absolute atomic E-state index is 0.252. The van der Waals surface area contributed by atoms with Crippen molar-refractivity contribution in [2.24, 2.45) is 17.3 Å². The molecule has 0 aromatic rings. The number of aliphatic hydroxyl groups excluding tert-OH is 1. The first-order valence-corrected chi connectivity index (χ1v) is 6.45.